The average Bonchev–Trinajstić information content (AvgIpc) is 3.26. The number of carbonyl (C=O) groups excluding carboxylic acids is 2. The molecule has 1 atom stereocenters. The number of ether oxygens (including phenoxy) is 3. The molecule has 3 rings (SSSR count). The van der Waals surface area contributed by atoms with Crippen LogP contribution in [-0.2, 0) is 9.59 Å². The summed E-state index contributed by atoms with van der Waals surface area (Å²) >= 11 is 0. The average molecular weight is 442 g/mol. The zero-order valence-corrected chi connectivity index (χ0v) is 18.9. The summed E-state index contributed by atoms with van der Waals surface area (Å²) in [7, 11) is 4.85. The summed E-state index contributed by atoms with van der Waals surface area (Å²) in [6.07, 6.45) is 2.00. The molecule has 1 aliphatic heterocycles. The van der Waals surface area contributed by atoms with Crippen molar-refractivity contribution in [1.82, 2.24) is 4.90 Å². The Morgan fingerprint density at radius 2 is 1.72 bits per heavy atom. The Hall–Kier alpha value is -3.26. The summed E-state index contributed by atoms with van der Waals surface area (Å²) in [6, 6.07) is 13.0. The molecule has 1 fully saturated rings. The van der Waals surface area contributed by atoms with Gasteiger partial charge in [-0.1, -0.05) is 6.07 Å². The number of carbonyl (C=O) groups is 2. The molecule has 2 amide bonds. The number of rotatable bonds is 10. The maximum Gasteiger partial charge on any atom is 0.241 e. The van der Waals surface area contributed by atoms with Crippen LogP contribution in [0.15, 0.2) is 42.5 Å². The van der Waals surface area contributed by atoms with E-state index in [0.29, 0.717) is 11.4 Å². The van der Waals surface area contributed by atoms with Crippen LogP contribution in [0.1, 0.15) is 30.9 Å². The second-order valence-electron chi connectivity index (χ2n) is 7.70. The first kappa shape index (κ1) is 23.4. The van der Waals surface area contributed by atoms with Gasteiger partial charge in [-0.25, -0.2) is 0 Å². The van der Waals surface area contributed by atoms with Gasteiger partial charge >= 0.3 is 0 Å². The summed E-state index contributed by atoms with van der Waals surface area (Å²) < 4.78 is 16.1. The van der Waals surface area contributed by atoms with E-state index in [1.807, 2.05) is 30.3 Å². The Morgan fingerprint density at radius 1 is 1.03 bits per heavy atom. The Bertz CT molecular complexity index is 932. The van der Waals surface area contributed by atoms with Crippen molar-refractivity contribution in [3.8, 4) is 17.2 Å². The third kappa shape index (κ3) is 5.50. The highest BCUT2D eigenvalue weighted by Gasteiger charge is 2.31. The van der Waals surface area contributed by atoms with Crippen molar-refractivity contribution in [3.63, 3.8) is 0 Å². The molecule has 0 radical (unpaired) electrons. The van der Waals surface area contributed by atoms with Crippen LogP contribution in [0, 0.1) is 0 Å². The van der Waals surface area contributed by atoms with Crippen molar-refractivity contribution in [2.75, 3.05) is 45.9 Å². The second-order valence-corrected chi connectivity index (χ2v) is 7.70. The molecule has 2 aromatic rings. The van der Waals surface area contributed by atoms with E-state index < -0.39 is 5.91 Å². The number of benzene rings is 2. The first-order valence-corrected chi connectivity index (χ1v) is 10.7. The number of nitrogens with two attached hydrogens (primary N) is 1. The van der Waals surface area contributed by atoms with Crippen LogP contribution in [0.3, 0.4) is 0 Å². The second kappa shape index (κ2) is 10.9. The number of anilines is 1. The number of primary amides is 1. The van der Waals surface area contributed by atoms with E-state index in [1.165, 1.54) is 0 Å². The SMILES string of the molecule is COc1ccc(N(CCC(N)=O)C(=O)CN2CCC[C@H]2c2ccc(OC)cc2OC)cc1. The minimum atomic E-state index is -0.446. The molecular formula is C24H31N3O5. The van der Waals surface area contributed by atoms with Gasteiger partial charge in [-0.05, 0) is 49.7 Å². The molecule has 8 nitrogen and oxygen atoms in total. The number of likely N-dealkylation sites (tertiary alicyclic amines) is 1. The van der Waals surface area contributed by atoms with E-state index in [9.17, 15) is 9.59 Å². The van der Waals surface area contributed by atoms with Gasteiger partial charge in [0.05, 0.1) is 27.9 Å². The van der Waals surface area contributed by atoms with Crippen LogP contribution in [0.5, 0.6) is 17.2 Å². The molecule has 172 valence electrons. The lowest BCUT2D eigenvalue weighted by Crippen LogP contribution is -2.41. The van der Waals surface area contributed by atoms with Gasteiger partial charge in [0.2, 0.25) is 11.8 Å². The summed E-state index contributed by atoms with van der Waals surface area (Å²) in [5.41, 5.74) is 7.09. The van der Waals surface area contributed by atoms with Gasteiger partial charge in [0.25, 0.3) is 0 Å². The molecule has 2 N–H and O–H groups in total. The number of hydrogen-bond acceptors (Lipinski definition) is 6. The normalized spacial score (nSPS) is 15.9. The monoisotopic (exact) mass is 441 g/mol. The van der Waals surface area contributed by atoms with Gasteiger partial charge < -0.3 is 24.8 Å². The van der Waals surface area contributed by atoms with E-state index in [2.05, 4.69) is 4.90 Å². The molecule has 0 aliphatic carbocycles. The van der Waals surface area contributed by atoms with Crippen molar-refractivity contribution in [2.24, 2.45) is 5.73 Å². The van der Waals surface area contributed by atoms with Crippen molar-refractivity contribution < 1.29 is 23.8 Å². The van der Waals surface area contributed by atoms with Crippen molar-refractivity contribution >= 4 is 17.5 Å². The van der Waals surface area contributed by atoms with Crippen LogP contribution >= 0.6 is 0 Å². The highest BCUT2D eigenvalue weighted by molar-refractivity contribution is 5.95. The summed E-state index contributed by atoms with van der Waals surface area (Å²) in [5.74, 6) is 1.63. The minimum absolute atomic E-state index is 0.0636. The van der Waals surface area contributed by atoms with Gasteiger partial charge in [-0.2, -0.15) is 0 Å². The zero-order valence-electron chi connectivity index (χ0n) is 18.9. The third-order valence-electron chi connectivity index (χ3n) is 5.77. The maximum atomic E-state index is 13.3. The van der Waals surface area contributed by atoms with E-state index in [0.717, 1.165) is 36.4 Å². The number of methoxy groups -OCH3 is 3. The fourth-order valence-electron chi connectivity index (χ4n) is 4.10. The summed E-state index contributed by atoms with van der Waals surface area (Å²) in [6.45, 7) is 1.26. The Balaban J connectivity index is 1.80. The van der Waals surface area contributed by atoms with Gasteiger partial charge in [-0.15, -0.1) is 0 Å². The maximum absolute atomic E-state index is 13.3. The Kier molecular flexibility index (Phi) is 7.94. The molecule has 0 bridgehead atoms. The van der Waals surface area contributed by atoms with Crippen LogP contribution < -0.4 is 24.8 Å². The molecule has 1 aliphatic rings. The third-order valence-corrected chi connectivity index (χ3v) is 5.77. The van der Waals surface area contributed by atoms with E-state index in [4.69, 9.17) is 19.9 Å². The van der Waals surface area contributed by atoms with Crippen LogP contribution in [0.4, 0.5) is 5.69 Å². The highest BCUT2D eigenvalue weighted by atomic mass is 16.5. The largest absolute Gasteiger partial charge is 0.497 e. The standard InChI is InChI=1S/C24H31N3O5/c1-30-18-8-6-17(7-9-18)27(14-12-23(25)28)24(29)16-26-13-4-5-21(26)20-11-10-19(31-2)15-22(20)32-3/h6-11,15,21H,4-5,12-14,16H2,1-3H3,(H2,25,28)/t21-/m0/s1. The smallest absolute Gasteiger partial charge is 0.241 e. The fraction of sp³-hybridized carbons (Fsp3) is 0.417. The van der Waals surface area contributed by atoms with Crippen LogP contribution in [-0.4, -0.2) is 57.7 Å². The van der Waals surface area contributed by atoms with E-state index in [-0.39, 0.29) is 31.5 Å². The van der Waals surface area contributed by atoms with E-state index in [1.54, 1.807) is 38.4 Å². The first-order chi connectivity index (χ1) is 15.5. The predicted molar refractivity (Wildman–Crippen MR) is 122 cm³/mol. The molecule has 0 saturated carbocycles. The lowest BCUT2D eigenvalue weighted by Gasteiger charge is -2.29. The van der Waals surface area contributed by atoms with Crippen molar-refractivity contribution in [3.05, 3.63) is 48.0 Å². The Morgan fingerprint density at radius 3 is 2.34 bits per heavy atom. The number of hydrogen-bond donors (Lipinski definition) is 1. The zero-order chi connectivity index (χ0) is 23.1. The van der Waals surface area contributed by atoms with Gasteiger partial charge in [0.1, 0.15) is 17.2 Å². The van der Waals surface area contributed by atoms with Crippen molar-refractivity contribution in [2.45, 2.75) is 25.3 Å². The molecule has 0 spiro atoms. The van der Waals surface area contributed by atoms with Crippen molar-refractivity contribution in [1.29, 1.82) is 0 Å². The fourth-order valence-corrected chi connectivity index (χ4v) is 4.10. The lowest BCUT2D eigenvalue weighted by molar-refractivity contribution is -0.120. The molecular weight excluding hydrogens is 410 g/mol. The topological polar surface area (TPSA) is 94.3 Å². The minimum Gasteiger partial charge on any atom is -0.497 e. The molecule has 32 heavy (non-hydrogen) atoms. The molecule has 0 aromatic heterocycles. The first-order valence-electron chi connectivity index (χ1n) is 10.7. The Labute approximate surface area is 188 Å². The molecule has 1 heterocycles. The van der Waals surface area contributed by atoms with Crippen LogP contribution in [0.25, 0.3) is 0 Å². The molecule has 8 heteroatoms. The van der Waals surface area contributed by atoms with Crippen LogP contribution in [0.2, 0.25) is 0 Å². The molecule has 1 saturated heterocycles. The number of nitrogens with zero attached hydrogens (tertiary/aromatic N) is 2. The van der Waals surface area contributed by atoms with Gasteiger partial charge in [-0.3, -0.25) is 14.5 Å². The number of amides is 2. The highest BCUT2D eigenvalue weighted by Crippen LogP contribution is 2.38. The molecule has 2 aromatic carbocycles. The summed E-state index contributed by atoms with van der Waals surface area (Å²) in [4.78, 5) is 28.5. The van der Waals surface area contributed by atoms with Gasteiger partial charge in [0.15, 0.2) is 0 Å². The predicted octanol–water partition coefficient (Wildman–Crippen LogP) is 2.76. The van der Waals surface area contributed by atoms with E-state index >= 15 is 0 Å². The molecule has 0 unspecified atom stereocenters. The van der Waals surface area contributed by atoms with Gasteiger partial charge in [0, 0.05) is 36.3 Å². The quantitative estimate of drug-likeness (QED) is 0.609. The lowest BCUT2D eigenvalue weighted by atomic mass is 10.0. The summed E-state index contributed by atoms with van der Waals surface area (Å²) in [5, 5.41) is 0.